The molecule has 17 heavy (non-hydrogen) atoms. The summed E-state index contributed by atoms with van der Waals surface area (Å²) in [6, 6.07) is 4.86. The third-order valence-electron chi connectivity index (χ3n) is 2.05. The lowest BCUT2D eigenvalue weighted by Gasteiger charge is -2.07. The highest BCUT2D eigenvalue weighted by Crippen LogP contribution is 2.18. The predicted molar refractivity (Wildman–Crippen MR) is 65.4 cm³/mol. The van der Waals surface area contributed by atoms with Gasteiger partial charge in [-0.05, 0) is 17.7 Å². The maximum absolute atomic E-state index is 11.4. The van der Waals surface area contributed by atoms with Crippen molar-refractivity contribution in [3.63, 3.8) is 0 Å². The molecule has 0 saturated carbocycles. The van der Waals surface area contributed by atoms with Gasteiger partial charge in [-0.1, -0.05) is 17.7 Å². The molecule has 92 valence electrons. The molecule has 0 unspecified atom stereocenters. The Morgan fingerprint density at radius 2 is 2.12 bits per heavy atom. The van der Waals surface area contributed by atoms with Crippen LogP contribution in [-0.2, 0) is 16.1 Å². The van der Waals surface area contributed by atoms with Gasteiger partial charge in [-0.15, -0.1) is 11.6 Å². The van der Waals surface area contributed by atoms with E-state index in [1.165, 1.54) is 7.11 Å². The van der Waals surface area contributed by atoms with Gasteiger partial charge in [0.25, 0.3) is 0 Å². The SMILES string of the molecule is COC(=O)c1cc(CNC(=O)CCl)ccc1Cl. The van der Waals surface area contributed by atoms with Gasteiger partial charge >= 0.3 is 5.97 Å². The molecule has 1 rings (SSSR count). The van der Waals surface area contributed by atoms with E-state index in [1.807, 2.05) is 0 Å². The first-order valence-electron chi connectivity index (χ1n) is 4.78. The van der Waals surface area contributed by atoms with Gasteiger partial charge < -0.3 is 10.1 Å². The number of hydrogen-bond donors (Lipinski definition) is 1. The van der Waals surface area contributed by atoms with Gasteiger partial charge in [0, 0.05) is 6.54 Å². The highest BCUT2D eigenvalue weighted by Gasteiger charge is 2.11. The van der Waals surface area contributed by atoms with Crippen molar-refractivity contribution in [1.82, 2.24) is 5.32 Å². The van der Waals surface area contributed by atoms with Crippen LogP contribution in [0.25, 0.3) is 0 Å². The highest BCUT2D eigenvalue weighted by atomic mass is 35.5. The molecule has 0 fully saturated rings. The van der Waals surface area contributed by atoms with Gasteiger partial charge in [0.1, 0.15) is 5.88 Å². The molecule has 0 aliphatic carbocycles. The first-order chi connectivity index (χ1) is 8.08. The summed E-state index contributed by atoms with van der Waals surface area (Å²) in [7, 11) is 1.28. The molecule has 1 amide bonds. The number of carbonyl (C=O) groups is 2. The fourth-order valence-corrected chi connectivity index (χ4v) is 1.49. The molecule has 1 aromatic carbocycles. The van der Waals surface area contributed by atoms with E-state index < -0.39 is 5.97 Å². The molecule has 1 aromatic rings. The minimum Gasteiger partial charge on any atom is -0.465 e. The fraction of sp³-hybridized carbons (Fsp3) is 0.273. The molecule has 1 N–H and O–H groups in total. The van der Waals surface area contributed by atoms with Crippen LogP contribution in [0.2, 0.25) is 5.02 Å². The Morgan fingerprint density at radius 1 is 1.41 bits per heavy atom. The summed E-state index contributed by atoms with van der Waals surface area (Å²) in [5, 5.41) is 2.90. The molecule has 0 atom stereocenters. The number of hydrogen-bond acceptors (Lipinski definition) is 3. The zero-order valence-corrected chi connectivity index (χ0v) is 10.6. The van der Waals surface area contributed by atoms with Crippen LogP contribution in [0.1, 0.15) is 15.9 Å². The lowest BCUT2D eigenvalue weighted by atomic mass is 10.1. The summed E-state index contributed by atoms with van der Waals surface area (Å²) >= 11 is 11.2. The molecular formula is C11H11Cl2NO3. The lowest BCUT2D eigenvalue weighted by molar-refractivity contribution is -0.118. The van der Waals surface area contributed by atoms with Crippen LogP contribution < -0.4 is 5.32 Å². The van der Waals surface area contributed by atoms with E-state index in [1.54, 1.807) is 18.2 Å². The number of esters is 1. The summed E-state index contributed by atoms with van der Waals surface area (Å²) in [4.78, 5) is 22.3. The minimum atomic E-state index is -0.513. The fourth-order valence-electron chi connectivity index (χ4n) is 1.20. The Balaban J connectivity index is 2.81. The number of nitrogens with one attached hydrogen (secondary N) is 1. The molecular weight excluding hydrogens is 265 g/mol. The number of halogens is 2. The first-order valence-corrected chi connectivity index (χ1v) is 5.69. The van der Waals surface area contributed by atoms with Crippen molar-refractivity contribution in [2.24, 2.45) is 0 Å². The molecule has 0 bridgehead atoms. The second-order valence-electron chi connectivity index (χ2n) is 3.22. The van der Waals surface area contributed by atoms with E-state index in [9.17, 15) is 9.59 Å². The normalized spacial score (nSPS) is 9.82. The van der Waals surface area contributed by atoms with Crippen molar-refractivity contribution in [3.05, 3.63) is 34.3 Å². The average molecular weight is 276 g/mol. The summed E-state index contributed by atoms with van der Waals surface area (Å²) < 4.78 is 4.59. The Labute approximate surface area is 109 Å². The predicted octanol–water partition coefficient (Wildman–Crippen LogP) is 1.98. The topological polar surface area (TPSA) is 55.4 Å². The molecule has 4 nitrogen and oxygen atoms in total. The van der Waals surface area contributed by atoms with Gasteiger partial charge in [0.05, 0.1) is 17.7 Å². The number of carbonyl (C=O) groups excluding carboxylic acids is 2. The maximum atomic E-state index is 11.4. The Kier molecular flexibility index (Phi) is 5.25. The summed E-state index contributed by atoms with van der Waals surface area (Å²) in [5.41, 5.74) is 1.01. The Hall–Kier alpha value is -1.26. The molecule has 0 aliphatic heterocycles. The molecule has 0 heterocycles. The first kappa shape index (κ1) is 13.8. The number of benzene rings is 1. The van der Waals surface area contributed by atoms with Crippen LogP contribution in [0.5, 0.6) is 0 Å². The molecule has 0 aliphatic rings. The van der Waals surface area contributed by atoms with Crippen molar-refractivity contribution in [2.45, 2.75) is 6.54 Å². The quantitative estimate of drug-likeness (QED) is 0.675. The van der Waals surface area contributed by atoms with E-state index in [-0.39, 0.29) is 23.9 Å². The zero-order valence-electron chi connectivity index (χ0n) is 9.13. The van der Waals surface area contributed by atoms with Crippen LogP contribution in [0, 0.1) is 0 Å². The maximum Gasteiger partial charge on any atom is 0.339 e. The molecule has 0 radical (unpaired) electrons. The number of methoxy groups -OCH3 is 1. The smallest absolute Gasteiger partial charge is 0.339 e. The van der Waals surface area contributed by atoms with Crippen LogP contribution >= 0.6 is 23.2 Å². The zero-order chi connectivity index (χ0) is 12.8. The van der Waals surface area contributed by atoms with Crippen molar-refractivity contribution in [3.8, 4) is 0 Å². The van der Waals surface area contributed by atoms with Gasteiger partial charge in [0.2, 0.25) is 5.91 Å². The van der Waals surface area contributed by atoms with E-state index in [4.69, 9.17) is 23.2 Å². The van der Waals surface area contributed by atoms with Gasteiger partial charge in [0.15, 0.2) is 0 Å². The van der Waals surface area contributed by atoms with E-state index in [0.29, 0.717) is 5.02 Å². The minimum absolute atomic E-state index is 0.0998. The number of alkyl halides is 1. The summed E-state index contributed by atoms with van der Waals surface area (Å²) in [5.74, 6) is -0.890. The van der Waals surface area contributed by atoms with Crippen LogP contribution in [0.15, 0.2) is 18.2 Å². The average Bonchev–Trinajstić information content (AvgIpc) is 2.36. The number of ether oxygens (including phenoxy) is 1. The second-order valence-corrected chi connectivity index (χ2v) is 3.89. The van der Waals surface area contributed by atoms with Crippen molar-refractivity contribution in [1.29, 1.82) is 0 Å². The van der Waals surface area contributed by atoms with Crippen LogP contribution in [0.3, 0.4) is 0 Å². The molecule has 0 spiro atoms. The van der Waals surface area contributed by atoms with Gasteiger partial charge in [-0.3, -0.25) is 4.79 Å². The molecule has 0 aromatic heterocycles. The standard InChI is InChI=1S/C11H11Cl2NO3/c1-17-11(16)8-4-7(2-3-9(8)13)6-14-10(15)5-12/h2-4H,5-6H2,1H3,(H,14,15). The van der Waals surface area contributed by atoms with Crippen LogP contribution in [-0.4, -0.2) is 24.9 Å². The number of rotatable bonds is 4. The third-order valence-corrected chi connectivity index (χ3v) is 2.62. The van der Waals surface area contributed by atoms with E-state index >= 15 is 0 Å². The van der Waals surface area contributed by atoms with E-state index in [2.05, 4.69) is 10.1 Å². The Morgan fingerprint density at radius 3 is 2.71 bits per heavy atom. The largest absolute Gasteiger partial charge is 0.465 e. The number of amides is 1. The highest BCUT2D eigenvalue weighted by molar-refractivity contribution is 6.33. The van der Waals surface area contributed by atoms with E-state index in [0.717, 1.165) is 5.56 Å². The van der Waals surface area contributed by atoms with Crippen molar-refractivity contribution >= 4 is 35.1 Å². The summed E-state index contributed by atoms with van der Waals surface area (Å²) in [6.45, 7) is 0.284. The monoisotopic (exact) mass is 275 g/mol. The Bertz CT molecular complexity index is 435. The summed E-state index contributed by atoms with van der Waals surface area (Å²) in [6.07, 6.45) is 0. The lowest BCUT2D eigenvalue weighted by Crippen LogP contribution is -2.23. The van der Waals surface area contributed by atoms with Crippen molar-refractivity contribution < 1.29 is 14.3 Å². The second kappa shape index (κ2) is 6.47. The van der Waals surface area contributed by atoms with Gasteiger partial charge in [-0.25, -0.2) is 4.79 Å². The third kappa shape index (κ3) is 3.91. The molecule has 6 heteroatoms. The van der Waals surface area contributed by atoms with Gasteiger partial charge in [-0.2, -0.15) is 0 Å². The molecule has 0 saturated heterocycles. The van der Waals surface area contributed by atoms with Crippen molar-refractivity contribution in [2.75, 3.05) is 13.0 Å². The van der Waals surface area contributed by atoms with Crippen LogP contribution in [0.4, 0.5) is 0 Å².